The summed E-state index contributed by atoms with van der Waals surface area (Å²) in [4.78, 5) is 15.5. The normalized spacial score (nSPS) is 10.9. The van der Waals surface area contributed by atoms with E-state index >= 15 is 0 Å². The van der Waals surface area contributed by atoms with Gasteiger partial charge >= 0.3 is 0 Å². The molecular formula is C13H10N2OS. The number of para-hydroxylation sites is 1. The smallest absolute Gasteiger partial charge is 0.195 e. The van der Waals surface area contributed by atoms with Crippen LogP contribution in [0.3, 0.4) is 0 Å². The van der Waals surface area contributed by atoms with Crippen molar-refractivity contribution in [3.05, 3.63) is 47.8 Å². The maximum atomic E-state index is 10.9. The van der Waals surface area contributed by atoms with Gasteiger partial charge in [-0.25, -0.2) is 4.98 Å². The number of aromatic nitrogens is 2. The number of hydrogen-bond acceptors (Lipinski definition) is 3. The molecule has 3 nitrogen and oxygen atoms in total. The average molecular weight is 242 g/mol. The number of carbonyl (C=O) groups is 1. The van der Waals surface area contributed by atoms with Crippen molar-refractivity contribution in [2.75, 3.05) is 0 Å². The molecule has 0 radical (unpaired) electrons. The van der Waals surface area contributed by atoms with Crippen molar-refractivity contribution in [3.63, 3.8) is 0 Å². The second-order valence-electron chi connectivity index (χ2n) is 3.84. The Morgan fingerprint density at radius 2 is 2.18 bits per heavy atom. The molecule has 0 spiro atoms. The van der Waals surface area contributed by atoms with Crippen LogP contribution in [0, 0.1) is 6.92 Å². The summed E-state index contributed by atoms with van der Waals surface area (Å²) in [7, 11) is 0. The summed E-state index contributed by atoms with van der Waals surface area (Å²) in [6.07, 6.45) is 2.70. The third-order valence-corrected chi connectivity index (χ3v) is 3.74. The van der Waals surface area contributed by atoms with E-state index in [1.165, 1.54) is 0 Å². The minimum absolute atomic E-state index is 0.627. The quantitative estimate of drug-likeness (QED) is 0.647. The van der Waals surface area contributed by atoms with Gasteiger partial charge in [-0.3, -0.25) is 9.36 Å². The number of carbonyl (C=O) groups excluding carboxylic acids is 1. The summed E-state index contributed by atoms with van der Waals surface area (Å²) in [6.45, 7) is 2.04. The van der Waals surface area contributed by atoms with E-state index < -0.39 is 0 Å². The fraction of sp³-hybridized carbons (Fsp3) is 0.0769. The SMILES string of the molecule is Cc1cccc2sc(-n3cccc3C=O)nc12. The molecule has 0 fully saturated rings. The molecule has 0 unspecified atom stereocenters. The molecule has 3 rings (SSSR count). The fourth-order valence-electron chi connectivity index (χ4n) is 1.84. The molecule has 4 heteroatoms. The first-order valence-corrected chi connectivity index (χ1v) is 6.10. The molecule has 0 aliphatic rings. The number of fused-ring (bicyclic) bond motifs is 1. The van der Waals surface area contributed by atoms with Gasteiger partial charge in [0, 0.05) is 6.20 Å². The second kappa shape index (κ2) is 3.82. The molecule has 0 N–H and O–H groups in total. The van der Waals surface area contributed by atoms with Gasteiger partial charge in [-0.15, -0.1) is 0 Å². The lowest BCUT2D eigenvalue weighted by molar-refractivity contribution is 0.111. The zero-order valence-corrected chi connectivity index (χ0v) is 10.1. The molecule has 0 atom stereocenters. The van der Waals surface area contributed by atoms with Crippen LogP contribution < -0.4 is 0 Å². The highest BCUT2D eigenvalue weighted by molar-refractivity contribution is 7.20. The summed E-state index contributed by atoms with van der Waals surface area (Å²) < 4.78 is 2.96. The van der Waals surface area contributed by atoms with Crippen LogP contribution in [0.5, 0.6) is 0 Å². The summed E-state index contributed by atoms with van der Waals surface area (Å²) in [5, 5.41) is 0.835. The molecule has 1 aromatic carbocycles. The Kier molecular flexibility index (Phi) is 2.30. The minimum atomic E-state index is 0.627. The van der Waals surface area contributed by atoms with Crippen LogP contribution in [0.4, 0.5) is 0 Å². The summed E-state index contributed by atoms with van der Waals surface area (Å²) in [5.41, 5.74) is 2.80. The number of rotatable bonds is 2. The average Bonchev–Trinajstić information content (AvgIpc) is 2.94. The van der Waals surface area contributed by atoms with Crippen LogP contribution in [0.1, 0.15) is 16.1 Å². The Labute approximate surface area is 102 Å². The fourth-order valence-corrected chi connectivity index (χ4v) is 2.89. The molecule has 84 valence electrons. The number of nitrogens with zero attached hydrogens (tertiary/aromatic N) is 2. The first kappa shape index (κ1) is 10.2. The Morgan fingerprint density at radius 1 is 1.29 bits per heavy atom. The number of thiazole rings is 1. The molecule has 0 saturated carbocycles. The van der Waals surface area contributed by atoms with Crippen molar-refractivity contribution in [2.45, 2.75) is 6.92 Å². The van der Waals surface area contributed by atoms with Crippen molar-refractivity contribution in [3.8, 4) is 5.13 Å². The van der Waals surface area contributed by atoms with Crippen molar-refractivity contribution in [1.29, 1.82) is 0 Å². The molecule has 0 bridgehead atoms. The zero-order chi connectivity index (χ0) is 11.8. The van der Waals surface area contributed by atoms with Crippen LogP contribution in [-0.4, -0.2) is 15.8 Å². The van der Waals surface area contributed by atoms with E-state index in [9.17, 15) is 4.79 Å². The number of benzene rings is 1. The molecule has 0 aliphatic carbocycles. The predicted octanol–water partition coefficient (Wildman–Crippen LogP) is 3.21. The topological polar surface area (TPSA) is 34.9 Å². The molecule has 3 aromatic rings. The molecule has 0 saturated heterocycles. The van der Waals surface area contributed by atoms with Crippen LogP contribution in [0.2, 0.25) is 0 Å². The van der Waals surface area contributed by atoms with Crippen LogP contribution in [0.15, 0.2) is 36.5 Å². The van der Waals surface area contributed by atoms with Gasteiger partial charge in [0.25, 0.3) is 0 Å². The van der Waals surface area contributed by atoms with Crippen LogP contribution >= 0.6 is 11.3 Å². The molecule has 0 amide bonds. The molecule has 2 aromatic heterocycles. The first-order chi connectivity index (χ1) is 8.29. The van der Waals surface area contributed by atoms with Crippen LogP contribution in [0.25, 0.3) is 15.3 Å². The van der Waals surface area contributed by atoms with Gasteiger partial charge in [0.2, 0.25) is 0 Å². The van der Waals surface area contributed by atoms with Gasteiger partial charge in [0.15, 0.2) is 11.4 Å². The summed E-state index contributed by atoms with van der Waals surface area (Å²) in [5.74, 6) is 0. The van der Waals surface area contributed by atoms with E-state index in [4.69, 9.17) is 0 Å². The standard InChI is InChI=1S/C13H10N2OS/c1-9-4-2-6-11-12(9)14-13(17-11)15-7-3-5-10(15)8-16/h2-8H,1H3. The Hall–Kier alpha value is -1.94. The number of hydrogen-bond donors (Lipinski definition) is 0. The van der Waals surface area contributed by atoms with E-state index in [2.05, 4.69) is 4.98 Å². The predicted molar refractivity (Wildman–Crippen MR) is 69.1 cm³/mol. The Balaban J connectivity index is 2.25. The largest absolute Gasteiger partial charge is 0.296 e. The Bertz CT molecular complexity index is 696. The monoisotopic (exact) mass is 242 g/mol. The van der Waals surface area contributed by atoms with Crippen molar-refractivity contribution in [1.82, 2.24) is 9.55 Å². The van der Waals surface area contributed by atoms with Crippen molar-refractivity contribution < 1.29 is 4.79 Å². The van der Waals surface area contributed by atoms with Gasteiger partial charge in [-0.1, -0.05) is 23.5 Å². The molecule has 17 heavy (non-hydrogen) atoms. The minimum Gasteiger partial charge on any atom is -0.296 e. The van der Waals surface area contributed by atoms with Crippen molar-refractivity contribution >= 4 is 27.8 Å². The van der Waals surface area contributed by atoms with Crippen molar-refractivity contribution in [2.24, 2.45) is 0 Å². The Morgan fingerprint density at radius 3 is 2.94 bits per heavy atom. The maximum absolute atomic E-state index is 10.9. The maximum Gasteiger partial charge on any atom is 0.195 e. The highest BCUT2D eigenvalue weighted by Crippen LogP contribution is 2.27. The summed E-state index contributed by atoms with van der Waals surface area (Å²) in [6, 6.07) is 9.75. The highest BCUT2D eigenvalue weighted by atomic mass is 32.1. The van der Waals surface area contributed by atoms with E-state index in [-0.39, 0.29) is 0 Å². The van der Waals surface area contributed by atoms with Gasteiger partial charge in [-0.05, 0) is 30.7 Å². The van der Waals surface area contributed by atoms with Gasteiger partial charge < -0.3 is 0 Å². The molecule has 2 heterocycles. The van der Waals surface area contributed by atoms with E-state index in [1.807, 2.05) is 42.0 Å². The van der Waals surface area contributed by atoms with Gasteiger partial charge in [0.1, 0.15) is 0 Å². The first-order valence-electron chi connectivity index (χ1n) is 5.28. The lowest BCUT2D eigenvalue weighted by atomic mass is 10.2. The summed E-state index contributed by atoms with van der Waals surface area (Å²) >= 11 is 1.59. The number of aldehydes is 1. The molecular weight excluding hydrogens is 232 g/mol. The van der Waals surface area contributed by atoms with E-state index in [0.717, 1.165) is 27.2 Å². The third-order valence-electron chi connectivity index (χ3n) is 2.72. The second-order valence-corrected chi connectivity index (χ2v) is 4.85. The van der Waals surface area contributed by atoms with E-state index in [0.29, 0.717) is 5.69 Å². The third kappa shape index (κ3) is 1.57. The zero-order valence-electron chi connectivity index (χ0n) is 9.25. The van der Waals surface area contributed by atoms with E-state index in [1.54, 1.807) is 17.4 Å². The lowest BCUT2D eigenvalue weighted by Crippen LogP contribution is -1.96. The number of aryl methyl sites for hydroxylation is 1. The van der Waals surface area contributed by atoms with Gasteiger partial charge in [-0.2, -0.15) is 0 Å². The van der Waals surface area contributed by atoms with Gasteiger partial charge in [0.05, 0.1) is 15.9 Å². The lowest BCUT2D eigenvalue weighted by Gasteiger charge is -1.97. The highest BCUT2D eigenvalue weighted by Gasteiger charge is 2.09. The molecule has 0 aliphatic heterocycles. The van der Waals surface area contributed by atoms with Crippen LogP contribution in [-0.2, 0) is 0 Å².